The van der Waals surface area contributed by atoms with Crippen molar-refractivity contribution in [2.45, 2.75) is 38.6 Å². The Hall–Kier alpha value is -1.26. The number of unbranched alkanes of at least 4 members (excludes halogenated alkanes) is 3. The predicted octanol–water partition coefficient (Wildman–Crippen LogP) is 3.56. The monoisotopic (exact) mass is 295 g/mol. The lowest BCUT2D eigenvalue weighted by Crippen LogP contribution is -2.22. The van der Waals surface area contributed by atoms with E-state index in [1.165, 1.54) is 19.3 Å². The Kier molecular flexibility index (Phi) is 8.87. The van der Waals surface area contributed by atoms with Crippen LogP contribution in [0.1, 0.15) is 44.2 Å². The third-order valence-corrected chi connectivity index (χ3v) is 3.59. The van der Waals surface area contributed by atoms with Gasteiger partial charge in [0.2, 0.25) is 0 Å². The van der Waals surface area contributed by atoms with Gasteiger partial charge in [-0.3, -0.25) is 0 Å². The number of methoxy groups -OCH3 is 2. The highest BCUT2D eigenvalue weighted by Crippen LogP contribution is 2.29. The van der Waals surface area contributed by atoms with E-state index < -0.39 is 0 Å². The topological polar surface area (TPSA) is 39.7 Å². The summed E-state index contributed by atoms with van der Waals surface area (Å²) in [6, 6.07) is 6.00. The van der Waals surface area contributed by atoms with Gasteiger partial charge in [0.25, 0.3) is 0 Å². The van der Waals surface area contributed by atoms with Gasteiger partial charge >= 0.3 is 0 Å². The molecular formula is C17H29NO3. The van der Waals surface area contributed by atoms with E-state index >= 15 is 0 Å². The van der Waals surface area contributed by atoms with Gasteiger partial charge in [0.15, 0.2) is 0 Å². The van der Waals surface area contributed by atoms with Crippen molar-refractivity contribution in [3.05, 3.63) is 23.8 Å². The molecule has 0 heterocycles. The summed E-state index contributed by atoms with van der Waals surface area (Å²) in [6.45, 7) is 3.68. The third kappa shape index (κ3) is 5.94. The van der Waals surface area contributed by atoms with Crippen molar-refractivity contribution in [2.75, 3.05) is 34.5 Å². The second kappa shape index (κ2) is 10.5. The van der Waals surface area contributed by atoms with Gasteiger partial charge in [-0.15, -0.1) is 0 Å². The van der Waals surface area contributed by atoms with Gasteiger partial charge in [-0.1, -0.05) is 26.2 Å². The van der Waals surface area contributed by atoms with Crippen LogP contribution in [0, 0.1) is 0 Å². The SMILES string of the molecule is CCCCCCOCC(NC)c1ccc(OC)cc1OC. The Balaban J connectivity index is 2.55. The first-order chi connectivity index (χ1) is 10.3. The first-order valence-electron chi connectivity index (χ1n) is 7.73. The molecule has 0 spiro atoms. The highest BCUT2D eigenvalue weighted by molar-refractivity contribution is 5.42. The van der Waals surface area contributed by atoms with Crippen molar-refractivity contribution in [3.63, 3.8) is 0 Å². The fourth-order valence-corrected chi connectivity index (χ4v) is 2.27. The minimum atomic E-state index is 0.122. The second-order valence-electron chi connectivity index (χ2n) is 5.08. The highest BCUT2D eigenvalue weighted by Gasteiger charge is 2.15. The van der Waals surface area contributed by atoms with Gasteiger partial charge in [-0.2, -0.15) is 0 Å². The summed E-state index contributed by atoms with van der Waals surface area (Å²) in [6.07, 6.45) is 4.91. The standard InChI is InChI=1S/C17H29NO3/c1-5-6-7-8-11-21-13-16(18-2)15-10-9-14(19-3)12-17(15)20-4/h9-10,12,16,18H,5-8,11,13H2,1-4H3. The molecule has 0 radical (unpaired) electrons. The van der Waals surface area contributed by atoms with Crippen LogP contribution in [0.25, 0.3) is 0 Å². The van der Waals surface area contributed by atoms with E-state index in [-0.39, 0.29) is 6.04 Å². The molecule has 0 aliphatic heterocycles. The maximum atomic E-state index is 5.79. The van der Waals surface area contributed by atoms with Crippen LogP contribution in [-0.4, -0.2) is 34.5 Å². The minimum Gasteiger partial charge on any atom is -0.497 e. The van der Waals surface area contributed by atoms with Crippen molar-refractivity contribution >= 4 is 0 Å². The number of rotatable bonds is 11. The molecule has 0 bridgehead atoms. The maximum absolute atomic E-state index is 5.79. The molecule has 1 rings (SSSR count). The Morgan fingerprint density at radius 3 is 2.52 bits per heavy atom. The van der Waals surface area contributed by atoms with Crippen LogP contribution in [0.5, 0.6) is 11.5 Å². The van der Waals surface area contributed by atoms with Crippen LogP contribution < -0.4 is 14.8 Å². The third-order valence-electron chi connectivity index (χ3n) is 3.59. The molecule has 1 atom stereocenters. The van der Waals surface area contributed by atoms with E-state index in [0.29, 0.717) is 6.61 Å². The summed E-state index contributed by atoms with van der Waals surface area (Å²) in [7, 11) is 5.27. The van der Waals surface area contributed by atoms with E-state index in [4.69, 9.17) is 14.2 Å². The number of hydrogen-bond acceptors (Lipinski definition) is 4. The molecule has 0 saturated heterocycles. The molecule has 0 aliphatic carbocycles. The van der Waals surface area contributed by atoms with E-state index in [0.717, 1.165) is 30.1 Å². The zero-order chi connectivity index (χ0) is 15.5. The smallest absolute Gasteiger partial charge is 0.127 e. The maximum Gasteiger partial charge on any atom is 0.127 e. The van der Waals surface area contributed by atoms with Crippen molar-refractivity contribution in [3.8, 4) is 11.5 Å². The lowest BCUT2D eigenvalue weighted by molar-refractivity contribution is 0.109. The van der Waals surface area contributed by atoms with E-state index in [1.807, 2.05) is 25.2 Å². The average molecular weight is 295 g/mol. The summed E-state index contributed by atoms with van der Waals surface area (Å²) < 4.78 is 16.5. The summed E-state index contributed by atoms with van der Waals surface area (Å²) in [5.41, 5.74) is 1.09. The molecular weight excluding hydrogens is 266 g/mol. The fourth-order valence-electron chi connectivity index (χ4n) is 2.27. The molecule has 1 aromatic carbocycles. The van der Waals surface area contributed by atoms with Crippen molar-refractivity contribution in [2.24, 2.45) is 0 Å². The number of benzene rings is 1. The van der Waals surface area contributed by atoms with Crippen LogP contribution in [0.3, 0.4) is 0 Å². The molecule has 1 N–H and O–H groups in total. The lowest BCUT2D eigenvalue weighted by Gasteiger charge is -2.20. The molecule has 1 unspecified atom stereocenters. The minimum absolute atomic E-state index is 0.122. The van der Waals surface area contributed by atoms with Crippen LogP contribution >= 0.6 is 0 Å². The lowest BCUT2D eigenvalue weighted by atomic mass is 10.1. The van der Waals surface area contributed by atoms with Crippen molar-refractivity contribution in [1.82, 2.24) is 5.32 Å². The zero-order valence-electron chi connectivity index (χ0n) is 13.8. The summed E-state index contributed by atoms with van der Waals surface area (Å²) in [5, 5.41) is 3.29. The largest absolute Gasteiger partial charge is 0.497 e. The summed E-state index contributed by atoms with van der Waals surface area (Å²) in [5.74, 6) is 1.62. The van der Waals surface area contributed by atoms with Crippen molar-refractivity contribution in [1.29, 1.82) is 0 Å². The van der Waals surface area contributed by atoms with Gasteiger partial charge < -0.3 is 19.5 Å². The Labute approximate surface area is 128 Å². The van der Waals surface area contributed by atoms with Crippen LogP contribution in [0.4, 0.5) is 0 Å². The Morgan fingerprint density at radius 1 is 1.10 bits per heavy atom. The molecule has 0 saturated carbocycles. The number of nitrogens with one attached hydrogen (secondary N) is 1. The van der Waals surface area contributed by atoms with Gasteiger partial charge in [0, 0.05) is 18.2 Å². The number of likely N-dealkylation sites (N-methyl/N-ethyl adjacent to an activating group) is 1. The van der Waals surface area contributed by atoms with Crippen LogP contribution in [-0.2, 0) is 4.74 Å². The average Bonchev–Trinajstić information content (AvgIpc) is 2.54. The van der Waals surface area contributed by atoms with Crippen LogP contribution in [0.15, 0.2) is 18.2 Å². The first kappa shape index (κ1) is 17.8. The predicted molar refractivity (Wildman–Crippen MR) is 86.3 cm³/mol. The van der Waals surface area contributed by atoms with Gasteiger partial charge in [0.05, 0.1) is 26.9 Å². The van der Waals surface area contributed by atoms with Crippen LogP contribution in [0.2, 0.25) is 0 Å². The molecule has 0 amide bonds. The quantitative estimate of drug-likeness (QED) is 0.634. The van der Waals surface area contributed by atoms with Gasteiger partial charge in [-0.05, 0) is 25.6 Å². The molecule has 0 aliphatic rings. The molecule has 0 aromatic heterocycles. The molecule has 4 heteroatoms. The van der Waals surface area contributed by atoms with E-state index in [2.05, 4.69) is 12.2 Å². The second-order valence-corrected chi connectivity index (χ2v) is 5.08. The van der Waals surface area contributed by atoms with Gasteiger partial charge in [0.1, 0.15) is 11.5 Å². The number of hydrogen-bond donors (Lipinski definition) is 1. The van der Waals surface area contributed by atoms with Crippen molar-refractivity contribution < 1.29 is 14.2 Å². The summed E-state index contributed by atoms with van der Waals surface area (Å²) >= 11 is 0. The number of ether oxygens (including phenoxy) is 3. The molecule has 120 valence electrons. The Bertz CT molecular complexity index is 396. The highest BCUT2D eigenvalue weighted by atomic mass is 16.5. The Morgan fingerprint density at radius 2 is 1.90 bits per heavy atom. The fraction of sp³-hybridized carbons (Fsp3) is 0.647. The first-order valence-corrected chi connectivity index (χ1v) is 7.73. The molecule has 21 heavy (non-hydrogen) atoms. The molecule has 4 nitrogen and oxygen atoms in total. The molecule has 0 fully saturated rings. The van der Waals surface area contributed by atoms with Gasteiger partial charge in [-0.25, -0.2) is 0 Å². The van der Waals surface area contributed by atoms with E-state index in [9.17, 15) is 0 Å². The normalized spacial score (nSPS) is 12.2. The zero-order valence-corrected chi connectivity index (χ0v) is 13.8. The van der Waals surface area contributed by atoms with E-state index in [1.54, 1.807) is 14.2 Å². The summed E-state index contributed by atoms with van der Waals surface area (Å²) in [4.78, 5) is 0. The molecule has 1 aromatic rings.